The SMILES string of the molecule is CC1(C)c2ccccc2-c2ccc(N(c3ccc(-c4ccc5ccccc5c4)cc3)c3ccccc3-c3cccc4oc5c6ccccc6ccc5c34)cc21. The number of anilines is 3. The number of para-hydroxylation sites is 1. The Bertz CT molecular complexity index is 3130. The summed E-state index contributed by atoms with van der Waals surface area (Å²) in [5.74, 6) is 0. The highest BCUT2D eigenvalue weighted by atomic mass is 16.3. The highest BCUT2D eigenvalue weighted by Crippen LogP contribution is 2.52. The van der Waals surface area contributed by atoms with Crippen LogP contribution in [0.2, 0.25) is 0 Å². The largest absolute Gasteiger partial charge is 0.455 e. The zero-order chi connectivity index (χ0) is 36.7. The average Bonchev–Trinajstić information content (AvgIpc) is 3.74. The van der Waals surface area contributed by atoms with Crippen LogP contribution in [-0.4, -0.2) is 0 Å². The fourth-order valence-electron chi connectivity index (χ4n) is 9.11. The molecule has 260 valence electrons. The molecule has 9 aromatic carbocycles. The van der Waals surface area contributed by atoms with Crippen molar-refractivity contribution in [1.82, 2.24) is 0 Å². The van der Waals surface area contributed by atoms with E-state index in [9.17, 15) is 0 Å². The van der Waals surface area contributed by atoms with E-state index in [-0.39, 0.29) is 5.41 Å². The Labute approximate surface area is 320 Å². The third-order valence-electron chi connectivity index (χ3n) is 11.9. The van der Waals surface area contributed by atoms with Crippen LogP contribution in [0.5, 0.6) is 0 Å². The number of rotatable bonds is 5. The molecule has 0 saturated heterocycles. The van der Waals surface area contributed by atoms with Crippen molar-refractivity contribution in [3.63, 3.8) is 0 Å². The van der Waals surface area contributed by atoms with Gasteiger partial charge in [-0.2, -0.15) is 0 Å². The quantitative estimate of drug-likeness (QED) is 0.177. The van der Waals surface area contributed by atoms with Crippen molar-refractivity contribution in [2.24, 2.45) is 0 Å². The Balaban J connectivity index is 1.12. The summed E-state index contributed by atoms with van der Waals surface area (Å²) in [6.07, 6.45) is 0. The molecular weight excluding hydrogens is 667 g/mol. The summed E-state index contributed by atoms with van der Waals surface area (Å²) < 4.78 is 6.67. The molecule has 10 aromatic rings. The first-order valence-electron chi connectivity index (χ1n) is 19.1. The standard InChI is InChI=1S/C53H37NO/c1-53(2)47-19-9-7-16-42(47)43-31-29-40(33-48(43)53)54(39-27-24-35(25-28-39)38-23-22-34-12-3-4-14-37(34)32-38)49-20-10-8-17-44(49)45-18-11-21-50-51(45)46-30-26-36-13-5-6-15-41(36)52(46)55-50/h3-33H,1-2H3. The number of benzene rings is 9. The van der Waals surface area contributed by atoms with E-state index in [1.807, 2.05) is 0 Å². The first-order chi connectivity index (χ1) is 27.0. The molecule has 2 heteroatoms. The summed E-state index contributed by atoms with van der Waals surface area (Å²) in [5, 5.41) is 7.06. The maximum atomic E-state index is 6.67. The third-order valence-corrected chi connectivity index (χ3v) is 11.9. The van der Waals surface area contributed by atoms with E-state index in [2.05, 4.69) is 207 Å². The molecule has 11 rings (SSSR count). The van der Waals surface area contributed by atoms with Gasteiger partial charge in [0.1, 0.15) is 11.2 Å². The van der Waals surface area contributed by atoms with E-state index in [0.29, 0.717) is 0 Å². The normalized spacial score (nSPS) is 13.1. The van der Waals surface area contributed by atoms with Crippen molar-refractivity contribution in [2.45, 2.75) is 19.3 Å². The van der Waals surface area contributed by atoms with Crippen LogP contribution < -0.4 is 4.90 Å². The second-order valence-corrected chi connectivity index (χ2v) is 15.3. The van der Waals surface area contributed by atoms with Gasteiger partial charge in [0.05, 0.1) is 5.69 Å². The van der Waals surface area contributed by atoms with E-state index < -0.39 is 0 Å². The first kappa shape index (κ1) is 31.6. The fraction of sp³-hybridized carbons (Fsp3) is 0.0566. The van der Waals surface area contributed by atoms with Gasteiger partial charge in [-0.1, -0.05) is 153 Å². The second-order valence-electron chi connectivity index (χ2n) is 15.3. The van der Waals surface area contributed by atoms with Crippen molar-refractivity contribution >= 4 is 60.5 Å². The van der Waals surface area contributed by atoms with Gasteiger partial charge in [0.2, 0.25) is 0 Å². The molecule has 0 fully saturated rings. The van der Waals surface area contributed by atoms with E-state index in [0.717, 1.165) is 55.5 Å². The predicted octanol–water partition coefficient (Wildman–Crippen LogP) is 15.0. The van der Waals surface area contributed by atoms with Crippen molar-refractivity contribution < 1.29 is 4.42 Å². The van der Waals surface area contributed by atoms with Gasteiger partial charge in [-0.15, -0.1) is 0 Å². The van der Waals surface area contributed by atoms with Crippen LogP contribution in [0.25, 0.3) is 76.9 Å². The minimum Gasteiger partial charge on any atom is -0.455 e. The fourth-order valence-corrected chi connectivity index (χ4v) is 9.11. The Kier molecular flexibility index (Phi) is 6.93. The van der Waals surface area contributed by atoms with Gasteiger partial charge in [-0.3, -0.25) is 0 Å². The molecule has 1 aliphatic rings. The van der Waals surface area contributed by atoms with Crippen LogP contribution in [0.3, 0.4) is 0 Å². The monoisotopic (exact) mass is 703 g/mol. The van der Waals surface area contributed by atoms with Crippen LogP contribution in [0, 0.1) is 0 Å². The molecule has 0 bridgehead atoms. The number of hydrogen-bond acceptors (Lipinski definition) is 2. The second kappa shape index (κ2) is 12.1. The number of hydrogen-bond donors (Lipinski definition) is 0. The molecule has 0 radical (unpaired) electrons. The van der Waals surface area contributed by atoms with Gasteiger partial charge < -0.3 is 9.32 Å². The van der Waals surface area contributed by atoms with Crippen molar-refractivity contribution in [3.05, 3.63) is 199 Å². The summed E-state index contributed by atoms with van der Waals surface area (Å²) in [6.45, 7) is 4.71. The predicted molar refractivity (Wildman–Crippen MR) is 232 cm³/mol. The Hall–Kier alpha value is -6.90. The van der Waals surface area contributed by atoms with Crippen LogP contribution >= 0.6 is 0 Å². The van der Waals surface area contributed by atoms with E-state index in [1.54, 1.807) is 0 Å². The van der Waals surface area contributed by atoms with Gasteiger partial charge in [-0.05, 0) is 104 Å². The van der Waals surface area contributed by atoms with E-state index in [1.165, 1.54) is 49.5 Å². The van der Waals surface area contributed by atoms with E-state index >= 15 is 0 Å². The number of nitrogens with zero attached hydrogens (tertiary/aromatic N) is 1. The lowest BCUT2D eigenvalue weighted by Gasteiger charge is -2.30. The highest BCUT2D eigenvalue weighted by molar-refractivity contribution is 6.19. The molecular formula is C53H37NO. The van der Waals surface area contributed by atoms with Gasteiger partial charge in [0, 0.05) is 38.5 Å². The third kappa shape index (κ3) is 4.88. The highest BCUT2D eigenvalue weighted by Gasteiger charge is 2.36. The molecule has 0 atom stereocenters. The van der Waals surface area contributed by atoms with Gasteiger partial charge in [0.25, 0.3) is 0 Å². The minimum atomic E-state index is -0.128. The van der Waals surface area contributed by atoms with Crippen molar-refractivity contribution in [1.29, 1.82) is 0 Å². The van der Waals surface area contributed by atoms with Gasteiger partial charge >= 0.3 is 0 Å². The first-order valence-corrected chi connectivity index (χ1v) is 19.1. The molecule has 55 heavy (non-hydrogen) atoms. The maximum absolute atomic E-state index is 6.67. The summed E-state index contributed by atoms with van der Waals surface area (Å²) in [4.78, 5) is 2.44. The summed E-state index contributed by atoms with van der Waals surface area (Å²) in [5.41, 5.74) is 15.1. The number of furan rings is 1. The Morgan fingerprint density at radius 1 is 0.418 bits per heavy atom. The van der Waals surface area contributed by atoms with Crippen LogP contribution in [0.15, 0.2) is 192 Å². The smallest absolute Gasteiger partial charge is 0.143 e. The molecule has 0 N–H and O–H groups in total. The topological polar surface area (TPSA) is 16.4 Å². The van der Waals surface area contributed by atoms with Crippen LogP contribution in [0.1, 0.15) is 25.0 Å². The van der Waals surface area contributed by atoms with Gasteiger partial charge in [0.15, 0.2) is 0 Å². The lowest BCUT2D eigenvalue weighted by molar-refractivity contribution is 0.660. The van der Waals surface area contributed by atoms with Crippen molar-refractivity contribution in [3.8, 4) is 33.4 Å². The molecule has 0 unspecified atom stereocenters. The zero-order valence-electron chi connectivity index (χ0n) is 30.8. The van der Waals surface area contributed by atoms with Crippen LogP contribution in [-0.2, 0) is 5.41 Å². The summed E-state index contributed by atoms with van der Waals surface area (Å²) in [7, 11) is 0. The summed E-state index contributed by atoms with van der Waals surface area (Å²) >= 11 is 0. The number of fused-ring (bicyclic) bond motifs is 9. The molecule has 2 nitrogen and oxygen atoms in total. The zero-order valence-corrected chi connectivity index (χ0v) is 30.8. The lowest BCUT2D eigenvalue weighted by atomic mass is 9.82. The molecule has 1 heterocycles. The molecule has 0 saturated carbocycles. The molecule has 1 aliphatic carbocycles. The molecule has 0 aliphatic heterocycles. The van der Waals surface area contributed by atoms with Crippen molar-refractivity contribution in [2.75, 3.05) is 4.90 Å². The summed E-state index contributed by atoms with van der Waals surface area (Å²) in [6, 6.07) is 68.5. The molecule has 0 spiro atoms. The lowest BCUT2D eigenvalue weighted by Crippen LogP contribution is -2.16. The maximum Gasteiger partial charge on any atom is 0.143 e. The molecule has 0 amide bonds. The molecule has 1 aromatic heterocycles. The average molecular weight is 704 g/mol. The Morgan fingerprint density at radius 2 is 1.07 bits per heavy atom. The minimum absolute atomic E-state index is 0.128. The van der Waals surface area contributed by atoms with Crippen LogP contribution in [0.4, 0.5) is 17.1 Å². The van der Waals surface area contributed by atoms with E-state index in [4.69, 9.17) is 4.42 Å². The Morgan fingerprint density at radius 3 is 1.95 bits per heavy atom. The van der Waals surface area contributed by atoms with Gasteiger partial charge in [-0.25, -0.2) is 0 Å².